The molecule has 0 aliphatic heterocycles. The van der Waals surface area contributed by atoms with Crippen molar-refractivity contribution in [3.8, 4) is 5.75 Å². The average molecular weight is 740 g/mol. The molecule has 0 saturated heterocycles. The number of nitrogens with zero attached hydrogens (tertiary/aromatic N) is 3. The zero-order valence-electron chi connectivity index (χ0n) is 30.8. The number of phenolic OH excluding ortho intramolecular Hbond substituents is 1. The van der Waals surface area contributed by atoms with E-state index >= 15 is 0 Å². The summed E-state index contributed by atoms with van der Waals surface area (Å²) in [6.07, 6.45) is 4.36. The quantitative estimate of drug-likeness (QED) is 0.0724. The highest BCUT2D eigenvalue weighted by Gasteiger charge is 2.56. The van der Waals surface area contributed by atoms with Gasteiger partial charge in [-0.3, -0.25) is 33.8 Å². The molecule has 6 N–H and O–H groups in total. The Morgan fingerprint density at radius 1 is 0.981 bits per heavy atom. The predicted molar refractivity (Wildman–Crippen MR) is 192 cm³/mol. The molecule has 2 fully saturated rings. The first-order valence-electron chi connectivity index (χ1n) is 17.9. The normalized spacial score (nSPS) is 22.8. The molecule has 53 heavy (non-hydrogen) atoms. The fraction of sp³-hybridized carbons (Fsp3) is 0.568. The van der Waals surface area contributed by atoms with Crippen molar-refractivity contribution in [2.45, 2.75) is 64.3 Å². The molecule has 4 aliphatic rings. The highest BCUT2D eigenvalue weighted by Crippen LogP contribution is 2.53. The minimum atomic E-state index is -1.41. The van der Waals surface area contributed by atoms with Crippen LogP contribution >= 0.6 is 0 Å². The van der Waals surface area contributed by atoms with Crippen LogP contribution in [0, 0.1) is 23.7 Å². The van der Waals surface area contributed by atoms with Crippen molar-refractivity contribution in [1.29, 1.82) is 0 Å². The lowest BCUT2D eigenvalue weighted by molar-refractivity contribution is -0.158. The van der Waals surface area contributed by atoms with Crippen molar-refractivity contribution in [3.05, 3.63) is 34.1 Å². The monoisotopic (exact) mass is 739 g/mol. The van der Waals surface area contributed by atoms with E-state index < -0.39 is 95.4 Å². The number of benzene rings is 1. The summed E-state index contributed by atoms with van der Waals surface area (Å²) in [5.74, 6) is -8.53. The van der Waals surface area contributed by atoms with Gasteiger partial charge in [-0.05, 0) is 69.7 Å². The number of ketones is 2. The molecular weight excluding hydrogens is 690 g/mol. The van der Waals surface area contributed by atoms with E-state index in [1.807, 2.05) is 0 Å². The van der Waals surface area contributed by atoms with Crippen molar-refractivity contribution < 1.29 is 53.6 Å². The predicted octanol–water partition coefficient (Wildman–Crippen LogP) is 2.78. The lowest BCUT2D eigenvalue weighted by Gasteiger charge is -2.46. The molecule has 1 aromatic rings. The number of amides is 3. The van der Waals surface area contributed by atoms with Crippen LogP contribution in [0.3, 0.4) is 0 Å². The number of nitrogens with two attached hydrogens (primary N) is 1. The Morgan fingerprint density at radius 3 is 2.26 bits per heavy atom. The molecule has 16 nitrogen and oxygen atoms in total. The summed E-state index contributed by atoms with van der Waals surface area (Å²) in [5.41, 5.74) is 5.49. The number of phenols is 1. The van der Waals surface area contributed by atoms with Gasteiger partial charge in [0.1, 0.15) is 29.4 Å². The van der Waals surface area contributed by atoms with Crippen molar-refractivity contribution in [1.82, 2.24) is 9.80 Å². The number of nitrogens with one attached hydrogen (secondary N) is 1. The van der Waals surface area contributed by atoms with E-state index in [0.29, 0.717) is 17.7 Å². The van der Waals surface area contributed by atoms with E-state index in [-0.39, 0.29) is 42.1 Å². The van der Waals surface area contributed by atoms with Crippen LogP contribution in [0.1, 0.15) is 63.0 Å². The lowest BCUT2D eigenvalue weighted by Crippen LogP contribution is -2.55. The molecule has 16 heteroatoms. The summed E-state index contributed by atoms with van der Waals surface area (Å²) in [6.45, 7) is 0.864. The Bertz CT molecular complexity index is 1760. The van der Waals surface area contributed by atoms with Gasteiger partial charge in [0.15, 0.2) is 11.6 Å². The third-order valence-electron chi connectivity index (χ3n) is 10.7. The van der Waals surface area contributed by atoms with Crippen molar-refractivity contribution in [2.75, 3.05) is 58.3 Å². The fourth-order valence-electron chi connectivity index (χ4n) is 8.36. The number of anilines is 2. The van der Waals surface area contributed by atoms with Crippen LogP contribution in [0.25, 0.3) is 5.76 Å². The third-order valence-corrected chi connectivity index (χ3v) is 10.7. The summed E-state index contributed by atoms with van der Waals surface area (Å²) in [4.78, 5) is 82.9. The second-order valence-corrected chi connectivity index (χ2v) is 14.6. The number of rotatable bonds is 11. The van der Waals surface area contributed by atoms with E-state index in [1.54, 1.807) is 44.9 Å². The standard InChI is InChI=1S/C37H49N5O11/c1-6-12-42(37(51)53-17-52-36(50)18-10-8-7-9-11-18)16-24(43)39-22-15-23(40(2)3)20-13-19-14-21-27(32(46)25(19)31(45)26(20)30(22)44)33(47)28(35(38)49)34(48)29(21)41(4)5/h15,18-19,21,27,29,44-45,48H,6-14,16-17H2,1-5H3,(H2,38,49)(H,39,43). The molecule has 2 saturated carbocycles. The average Bonchev–Trinajstić information content (AvgIpc) is 3.08. The van der Waals surface area contributed by atoms with Gasteiger partial charge >= 0.3 is 12.1 Å². The second-order valence-electron chi connectivity index (χ2n) is 14.6. The molecule has 1 aromatic carbocycles. The summed E-state index contributed by atoms with van der Waals surface area (Å²) in [7, 11) is 6.75. The van der Waals surface area contributed by atoms with Gasteiger partial charge in [-0.2, -0.15) is 0 Å². The molecule has 288 valence electrons. The van der Waals surface area contributed by atoms with Crippen LogP contribution in [0.15, 0.2) is 23.0 Å². The number of aromatic hydroxyl groups is 1. The van der Waals surface area contributed by atoms with E-state index in [0.717, 1.165) is 37.0 Å². The number of allylic oxidation sites excluding steroid dienone is 1. The van der Waals surface area contributed by atoms with E-state index in [4.69, 9.17) is 15.2 Å². The molecule has 4 aliphatic carbocycles. The van der Waals surface area contributed by atoms with Crippen molar-refractivity contribution in [2.24, 2.45) is 29.4 Å². The molecule has 0 spiro atoms. The van der Waals surface area contributed by atoms with Crippen molar-refractivity contribution in [3.63, 3.8) is 0 Å². The number of fused-ring (bicyclic) bond motifs is 3. The zero-order chi connectivity index (χ0) is 38.9. The lowest BCUT2D eigenvalue weighted by atomic mass is 9.59. The molecule has 0 bridgehead atoms. The number of aliphatic hydroxyl groups excluding tert-OH is 2. The minimum absolute atomic E-state index is 0.0978. The van der Waals surface area contributed by atoms with Gasteiger partial charge < -0.3 is 40.7 Å². The van der Waals surface area contributed by atoms with E-state index in [9.17, 15) is 44.1 Å². The summed E-state index contributed by atoms with van der Waals surface area (Å²) >= 11 is 0. The van der Waals surface area contributed by atoms with E-state index in [2.05, 4.69) is 5.32 Å². The topological polar surface area (TPSA) is 229 Å². The molecule has 4 unspecified atom stereocenters. The number of primary amides is 1. The number of hydrogen-bond donors (Lipinski definition) is 5. The largest absolute Gasteiger partial charge is 0.510 e. The Labute approximate surface area is 307 Å². The minimum Gasteiger partial charge on any atom is -0.510 e. The molecule has 0 heterocycles. The van der Waals surface area contributed by atoms with Crippen molar-refractivity contribution >= 4 is 52.6 Å². The summed E-state index contributed by atoms with van der Waals surface area (Å²) in [5, 5.41) is 36.8. The zero-order valence-corrected chi connectivity index (χ0v) is 30.8. The molecule has 5 rings (SSSR count). The maximum absolute atomic E-state index is 14.1. The number of carbonyl (C=O) groups is 6. The van der Waals surface area contributed by atoms with Crippen LogP contribution in [-0.2, 0) is 39.9 Å². The fourth-order valence-corrected chi connectivity index (χ4v) is 8.36. The Morgan fingerprint density at radius 2 is 1.66 bits per heavy atom. The maximum atomic E-state index is 14.1. The highest BCUT2D eigenvalue weighted by molar-refractivity contribution is 6.28. The van der Waals surface area contributed by atoms with Gasteiger partial charge in [0.25, 0.3) is 5.91 Å². The van der Waals surface area contributed by atoms with Gasteiger partial charge in [0.2, 0.25) is 12.7 Å². The van der Waals surface area contributed by atoms with Gasteiger partial charge in [-0.1, -0.05) is 26.2 Å². The summed E-state index contributed by atoms with van der Waals surface area (Å²) < 4.78 is 10.3. The second kappa shape index (κ2) is 15.9. The number of hydrogen-bond acceptors (Lipinski definition) is 13. The Hall–Kier alpha value is -5.12. The molecular formula is C37H49N5O11. The van der Waals surface area contributed by atoms with Crippen LogP contribution in [0.5, 0.6) is 5.75 Å². The van der Waals surface area contributed by atoms with Gasteiger partial charge in [0, 0.05) is 31.9 Å². The number of likely N-dealkylation sites (N-methyl/N-ethyl adjacent to an activating group) is 1. The number of Topliss-reactive ketones (excluding diaryl/α,β-unsaturated/α-hetero) is 2. The van der Waals surface area contributed by atoms with Crippen LogP contribution in [-0.4, -0.2) is 115 Å². The number of esters is 1. The van der Waals surface area contributed by atoms with Crippen LogP contribution < -0.4 is 16.0 Å². The number of carbonyl (C=O) groups excluding carboxylic acids is 6. The first-order chi connectivity index (χ1) is 25.1. The van der Waals surface area contributed by atoms with Gasteiger partial charge in [-0.15, -0.1) is 0 Å². The first kappa shape index (κ1) is 39.1. The molecule has 3 amide bonds. The Balaban J connectivity index is 1.39. The Kier molecular flexibility index (Phi) is 11.7. The maximum Gasteiger partial charge on any atom is 0.413 e. The van der Waals surface area contributed by atoms with Crippen LogP contribution in [0.4, 0.5) is 16.2 Å². The molecule has 0 aromatic heterocycles. The SMILES string of the molecule is CCCN(CC(=O)Nc1cc(N(C)C)c2c(c1O)C(O)=C1C(=O)C3C(=O)C(C(N)=O)=C(O)C(N(C)C)C3CC1C2)C(=O)OCOC(=O)C1CCCCC1. The highest BCUT2D eigenvalue weighted by atomic mass is 16.7. The van der Waals surface area contributed by atoms with E-state index in [1.165, 1.54) is 6.07 Å². The summed E-state index contributed by atoms with van der Waals surface area (Å²) in [6, 6.07) is 0.653. The van der Waals surface area contributed by atoms with Gasteiger partial charge in [0.05, 0.1) is 29.1 Å². The third kappa shape index (κ3) is 7.54. The van der Waals surface area contributed by atoms with Crippen LogP contribution in [0.2, 0.25) is 0 Å². The smallest absolute Gasteiger partial charge is 0.413 e. The first-order valence-corrected chi connectivity index (χ1v) is 17.9. The number of ether oxygens (including phenoxy) is 2. The molecule has 4 atom stereocenters. The van der Waals surface area contributed by atoms with Gasteiger partial charge in [-0.25, -0.2) is 4.79 Å². The number of aliphatic hydroxyl groups is 2. The molecule has 0 radical (unpaired) electrons.